The summed E-state index contributed by atoms with van der Waals surface area (Å²) in [7, 11) is 0. The van der Waals surface area contributed by atoms with E-state index in [1.165, 1.54) is 89.9 Å². The first-order valence-corrected chi connectivity index (χ1v) is 32.3. The van der Waals surface area contributed by atoms with E-state index < -0.39 is 6.10 Å². The zero-order valence-corrected chi connectivity index (χ0v) is 51.1. The Morgan fingerprint density at radius 2 is 0.494 bits per heavy atom. The molecule has 446 valence electrons. The van der Waals surface area contributed by atoms with Crippen LogP contribution in [0, 0.1) is 0 Å². The lowest BCUT2D eigenvalue weighted by Crippen LogP contribution is -2.30. The molecule has 0 spiro atoms. The van der Waals surface area contributed by atoms with Gasteiger partial charge in [-0.05, 0) is 122 Å². The molecule has 0 aliphatic heterocycles. The lowest BCUT2D eigenvalue weighted by atomic mass is 10.0. The Balaban J connectivity index is 4.26. The van der Waals surface area contributed by atoms with Crippen molar-refractivity contribution in [3.63, 3.8) is 0 Å². The molecule has 0 aliphatic rings. The van der Waals surface area contributed by atoms with E-state index in [2.05, 4.69) is 167 Å². The Labute approximate surface area is 487 Å². The summed E-state index contributed by atoms with van der Waals surface area (Å²) in [6.07, 6.45) is 94.4. The molecule has 0 aromatic rings. The summed E-state index contributed by atoms with van der Waals surface area (Å²) in [5.74, 6) is -0.936. The predicted octanol–water partition coefficient (Wildman–Crippen LogP) is 22.3. The van der Waals surface area contributed by atoms with Gasteiger partial charge >= 0.3 is 17.9 Å². The molecule has 0 N–H and O–H groups in total. The molecular formula is C73H118O6. The van der Waals surface area contributed by atoms with Crippen LogP contribution >= 0.6 is 0 Å². The zero-order valence-electron chi connectivity index (χ0n) is 51.1. The molecule has 6 nitrogen and oxygen atoms in total. The van der Waals surface area contributed by atoms with Crippen LogP contribution in [0.5, 0.6) is 0 Å². The van der Waals surface area contributed by atoms with Gasteiger partial charge in [-0.3, -0.25) is 14.4 Å². The second-order valence-corrected chi connectivity index (χ2v) is 20.9. The topological polar surface area (TPSA) is 78.9 Å². The van der Waals surface area contributed by atoms with Crippen molar-refractivity contribution in [2.45, 2.75) is 284 Å². The summed E-state index contributed by atoms with van der Waals surface area (Å²) in [6.45, 7) is 6.38. The van der Waals surface area contributed by atoms with Gasteiger partial charge in [-0.1, -0.05) is 282 Å². The van der Waals surface area contributed by atoms with E-state index in [1.54, 1.807) is 0 Å². The van der Waals surface area contributed by atoms with Crippen molar-refractivity contribution in [2.24, 2.45) is 0 Å². The number of rotatable bonds is 57. The van der Waals surface area contributed by atoms with Crippen molar-refractivity contribution in [3.8, 4) is 0 Å². The van der Waals surface area contributed by atoms with Gasteiger partial charge in [0.2, 0.25) is 0 Å². The first-order valence-electron chi connectivity index (χ1n) is 32.3. The fraction of sp³-hybridized carbons (Fsp3) is 0.630. The van der Waals surface area contributed by atoms with Gasteiger partial charge in [-0.25, -0.2) is 0 Å². The van der Waals surface area contributed by atoms with E-state index >= 15 is 0 Å². The molecule has 0 radical (unpaired) electrons. The van der Waals surface area contributed by atoms with Crippen molar-refractivity contribution in [2.75, 3.05) is 13.2 Å². The van der Waals surface area contributed by atoms with Gasteiger partial charge in [0.05, 0.1) is 0 Å². The van der Waals surface area contributed by atoms with Crippen molar-refractivity contribution in [1.29, 1.82) is 0 Å². The Bertz CT molecular complexity index is 1730. The number of allylic oxidation sites excluding steroid dienone is 24. The lowest BCUT2D eigenvalue weighted by molar-refractivity contribution is -0.167. The number of carbonyl (C=O) groups excluding carboxylic acids is 3. The summed E-state index contributed by atoms with van der Waals surface area (Å²) < 4.78 is 16.8. The first-order chi connectivity index (χ1) is 39.0. The molecule has 1 unspecified atom stereocenters. The van der Waals surface area contributed by atoms with Gasteiger partial charge in [0, 0.05) is 19.3 Å². The predicted molar refractivity (Wildman–Crippen MR) is 343 cm³/mol. The Morgan fingerprint density at radius 1 is 0.266 bits per heavy atom. The van der Waals surface area contributed by atoms with Crippen molar-refractivity contribution in [1.82, 2.24) is 0 Å². The molecule has 0 fully saturated rings. The Hall–Kier alpha value is -4.71. The van der Waals surface area contributed by atoms with Gasteiger partial charge < -0.3 is 14.2 Å². The second kappa shape index (κ2) is 65.8. The van der Waals surface area contributed by atoms with Crippen LogP contribution in [0.25, 0.3) is 0 Å². The van der Waals surface area contributed by atoms with Crippen LogP contribution in [-0.4, -0.2) is 37.2 Å². The summed E-state index contributed by atoms with van der Waals surface area (Å²) in [6, 6.07) is 0. The van der Waals surface area contributed by atoms with E-state index in [1.807, 2.05) is 0 Å². The van der Waals surface area contributed by atoms with Crippen LogP contribution in [-0.2, 0) is 28.6 Å². The maximum Gasteiger partial charge on any atom is 0.306 e. The third-order valence-corrected chi connectivity index (χ3v) is 13.3. The molecule has 0 saturated carbocycles. The molecule has 79 heavy (non-hydrogen) atoms. The zero-order chi connectivity index (χ0) is 57.1. The number of esters is 3. The van der Waals surface area contributed by atoms with Gasteiger partial charge in [0.1, 0.15) is 13.2 Å². The Kier molecular flexibility index (Phi) is 61.9. The van der Waals surface area contributed by atoms with Crippen LogP contribution in [0.1, 0.15) is 278 Å². The maximum absolute atomic E-state index is 12.8. The minimum absolute atomic E-state index is 0.0948. The standard InChI is InChI=1S/C73H118O6/c1-4-7-10-13-16-19-22-25-26-27-28-29-30-31-32-33-34-35-36-37-38-39-40-41-42-43-44-45-46-49-51-54-57-60-63-66-72(75)78-69-70(79-73(76)67-64-61-58-55-52-48-24-21-18-15-12-9-6-3)68-77-71(74)65-62-59-56-53-50-47-23-20-17-14-11-8-5-2/h7,9-10,12,16,18-19,21,25-26,28-29,31-32,34-35,37-38,40-41,43-44,48,52,70H,4-6,8,11,13-15,17,20,22-24,27,30,33,36,39,42,45-47,49-51,53-69H2,1-3H3/b10-7-,12-9-,19-16-,21-18-,26-25-,29-28-,32-31-,35-34-,38-37-,41-40-,44-43-,52-48-. The molecule has 0 bridgehead atoms. The van der Waals surface area contributed by atoms with E-state index in [0.717, 1.165) is 148 Å². The van der Waals surface area contributed by atoms with E-state index in [4.69, 9.17) is 14.2 Å². The number of hydrogen-bond donors (Lipinski definition) is 0. The monoisotopic (exact) mass is 1090 g/mol. The largest absolute Gasteiger partial charge is 0.462 e. The third-order valence-electron chi connectivity index (χ3n) is 13.3. The van der Waals surface area contributed by atoms with Crippen LogP contribution in [0.15, 0.2) is 146 Å². The highest BCUT2D eigenvalue weighted by Gasteiger charge is 2.19. The van der Waals surface area contributed by atoms with E-state index in [9.17, 15) is 14.4 Å². The van der Waals surface area contributed by atoms with Gasteiger partial charge in [-0.2, -0.15) is 0 Å². The number of carbonyl (C=O) groups is 3. The maximum atomic E-state index is 12.8. The number of ether oxygens (including phenoxy) is 3. The fourth-order valence-electron chi connectivity index (χ4n) is 8.57. The van der Waals surface area contributed by atoms with Gasteiger partial charge in [0.15, 0.2) is 6.10 Å². The molecule has 1 atom stereocenters. The molecule has 0 aromatic carbocycles. The average Bonchev–Trinajstić information content (AvgIpc) is 3.45. The minimum Gasteiger partial charge on any atom is -0.462 e. The quantitative estimate of drug-likeness (QED) is 0.0261. The first kappa shape index (κ1) is 74.3. The molecule has 0 aromatic heterocycles. The highest BCUT2D eigenvalue weighted by molar-refractivity contribution is 5.71. The fourth-order valence-corrected chi connectivity index (χ4v) is 8.57. The molecule has 0 heterocycles. The van der Waals surface area contributed by atoms with Crippen molar-refractivity contribution < 1.29 is 28.6 Å². The highest BCUT2D eigenvalue weighted by Crippen LogP contribution is 2.15. The van der Waals surface area contributed by atoms with Crippen LogP contribution in [0.3, 0.4) is 0 Å². The smallest absolute Gasteiger partial charge is 0.306 e. The van der Waals surface area contributed by atoms with Crippen LogP contribution < -0.4 is 0 Å². The average molecular weight is 1090 g/mol. The SMILES string of the molecule is CC/C=C\C/C=C\C/C=C\C/C=C\C/C=C\C/C=C\C/C=C\C/C=C\C/C=C\CCCCCCCCCC(=O)OCC(COC(=O)CCCCCCCCCCCCCCC)OC(=O)CCCCC/C=C\C/C=C\C/C=C\CC. The minimum atomic E-state index is -0.801. The van der Waals surface area contributed by atoms with E-state index in [-0.39, 0.29) is 37.5 Å². The summed E-state index contributed by atoms with van der Waals surface area (Å²) in [5.41, 5.74) is 0. The molecule has 6 heteroatoms. The Morgan fingerprint density at radius 3 is 0.785 bits per heavy atom. The lowest BCUT2D eigenvalue weighted by Gasteiger charge is -2.18. The second-order valence-electron chi connectivity index (χ2n) is 20.9. The van der Waals surface area contributed by atoms with Crippen LogP contribution in [0.2, 0.25) is 0 Å². The van der Waals surface area contributed by atoms with Gasteiger partial charge in [-0.15, -0.1) is 0 Å². The molecule has 0 amide bonds. The highest BCUT2D eigenvalue weighted by atomic mass is 16.6. The molecular weight excluding hydrogens is 973 g/mol. The molecule has 0 rings (SSSR count). The van der Waals surface area contributed by atoms with Crippen LogP contribution in [0.4, 0.5) is 0 Å². The normalized spacial score (nSPS) is 13.1. The summed E-state index contributed by atoms with van der Waals surface area (Å²) in [5, 5.41) is 0. The van der Waals surface area contributed by atoms with Crippen molar-refractivity contribution in [3.05, 3.63) is 146 Å². The molecule has 0 aliphatic carbocycles. The van der Waals surface area contributed by atoms with Gasteiger partial charge in [0.25, 0.3) is 0 Å². The third kappa shape index (κ3) is 64.0. The van der Waals surface area contributed by atoms with E-state index in [0.29, 0.717) is 12.8 Å². The summed E-state index contributed by atoms with van der Waals surface area (Å²) in [4.78, 5) is 38.2. The summed E-state index contributed by atoms with van der Waals surface area (Å²) >= 11 is 0. The van der Waals surface area contributed by atoms with Crippen molar-refractivity contribution >= 4 is 17.9 Å². The molecule has 0 saturated heterocycles. The number of unbranched alkanes of at least 4 members (excludes halogenated alkanes) is 22. The number of hydrogen-bond acceptors (Lipinski definition) is 6.